The summed E-state index contributed by atoms with van der Waals surface area (Å²) in [7, 11) is 0. The maximum atomic E-state index is 11.5. The van der Waals surface area contributed by atoms with Gasteiger partial charge in [-0.15, -0.1) is 12.4 Å². The summed E-state index contributed by atoms with van der Waals surface area (Å²) in [5, 5.41) is 3.04. The third-order valence-electron chi connectivity index (χ3n) is 3.66. The number of carbonyl (C=O) groups excluding carboxylic acids is 1. The van der Waals surface area contributed by atoms with E-state index in [-0.39, 0.29) is 18.3 Å². The summed E-state index contributed by atoms with van der Waals surface area (Å²) in [4.78, 5) is 11.5. The van der Waals surface area contributed by atoms with Crippen LogP contribution in [0.4, 0.5) is 0 Å². The molecule has 1 aliphatic rings. The Bertz CT molecular complexity index is 233. The molecular formula is C13H27ClN2O2. The third kappa shape index (κ3) is 6.03. The van der Waals surface area contributed by atoms with Gasteiger partial charge in [-0.1, -0.05) is 6.42 Å². The highest BCUT2D eigenvalue weighted by molar-refractivity contribution is 5.85. The van der Waals surface area contributed by atoms with Crippen molar-refractivity contribution in [1.29, 1.82) is 0 Å². The molecule has 18 heavy (non-hydrogen) atoms. The summed E-state index contributed by atoms with van der Waals surface area (Å²) in [6, 6.07) is 0. The number of hydrogen-bond acceptors (Lipinski definition) is 3. The second-order valence-electron chi connectivity index (χ2n) is 4.97. The lowest BCUT2D eigenvalue weighted by molar-refractivity contribution is -0.122. The minimum absolute atomic E-state index is 0. The number of ether oxygens (including phenoxy) is 1. The van der Waals surface area contributed by atoms with Gasteiger partial charge < -0.3 is 15.8 Å². The molecule has 0 spiro atoms. The minimum atomic E-state index is 0. The Morgan fingerprint density at radius 1 is 1.44 bits per heavy atom. The summed E-state index contributed by atoms with van der Waals surface area (Å²) in [6.07, 6.45) is 6.12. The molecule has 0 bridgehead atoms. The van der Waals surface area contributed by atoms with E-state index in [1.807, 2.05) is 6.92 Å². The lowest BCUT2D eigenvalue weighted by Gasteiger charge is -2.42. The molecule has 1 saturated carbocycles. The van der Waals surface area contributed by atoms with E-state index in [1.54, 1.807) is 0 Å². The van der Waals surface area contributed by atoms with Gasteiger partial charge in [-0.2, -0.15) is 0 Å². The molecule has 0 atom stereocenters. The maximum Gasteiger partial charge on any atom is 0.220 e. The fourth-order valence-corrected chi connectivity index (χ4v) is 2.26. The minimum Gasteiger partial charge on any atom is -0.382 e. The molecule has 3 N–H and O–H groups in total. The number of hydrogen-bond donors (Lipinski definition) is 2. The highest BCUT2D eigenvalue weighted by Crippen LogP contribution is 2.43. The monoisotopic (exact) mass is 278 g/mol. The molecular weight excluding hydrogens is 252 g/mol. The van der Waals surface area contributed by atoms with Crippen molar-refractivity contribution >= 4 is 18.3 Å². The van der Waals surface area contributed by atoms with Crippen LogP contribution >= 0.6 is 12.4 Å². The highest BCUT2D eigenvalue weighted by atomic mass is 35.5. The fraction of sp³-hybridized carbons (Fsp3) is 0.923. The van der Waals surface area contributed by atoms with Crippen molar-refractivity contribution in [2.45, 2.75) is 45.4 Å². The Labute approximate surface area is 116 Å². The maximum absolute atomic E-state index is 11.5. The van der Waals surface area contributed by atoms with Gasteiger partial charge >= 0.3 is 0 Å². The summed E-state index contributed by atoms with van der Waals surface area (Å²) in [5.74, 6) is 0.137. The van der Waals surface area contributed by atoms with Crippen LogP contribution in [-0.4, -0.2) is 32.2 Å². The molecule has 0 unspecified atom stereocenters. The number of nitrogens with two attached hydrogens (primary N) is 1. The Balaban J connectivity index is 0.00000289. The van der Waals surface area contributed by atoms with E-state index < -0.39 is 0 Å². The molecule has 1 rings (SSSR count). The standard InChI is InChI=1S/C13H26N2O2.ClH/c1-2-17-10-8-13(6-4-7-13)11-15-12(16)5-3-9-14;/h2-11,14H2,1H3,(H,15,16);1H. The first-order valence-electron chi connectivity index (χ1n) is 6.77. The predicted molar refractivity (Wildman–Crippen MR) is 75.9 cm³/mol. The van der Waals surface area contributed by atoms with E-state index in [2.05, 4.69) is 5.32 Å². The molecule has 0 aromatic heterocycles. The molecule has 0 saturated heterocycles. The van der Waals surface area contributed by atoms with Crippen LogP contribution in [0.25, 0.3) is 0 Å². The van der Waals surface area contributed by atoms with Crippen LogP contribution in [0.1, 0.15) is 45.4 Å². The molecule has 5 heteroatoms. The molecule has 0 aromatic carbocycles. The Hall–Kier alpha value is -0.320. The molecule has 4 nitrogen and oxygen atoms in total. The molecule has 0 aromatic rings. The third-order valence-corrected chi connectivity index (χ3v) is 3.66. The zero-order chi connectivity index (χ0) is 12.6. The van der Waals surface area contributed by atoms with E-state index in [1.165, 1.54) is 19.3 Å². The van der Waals surface area contributed by atoms with Crippen LogP contribution in [0.2, 0.25) is 0 Å². The predicted octanol–water partition coefficient (Wildman–Crippen LogP) is 1.86. The Morgan fingerprint density at radius 3 is 2.67 bits per heavy atom. The van der Waals surface area contributed by atoms with Gasteiger partial charge in [-0.05, 0) is 44.6 Å². The number of amides is 1. The van der Waals surface area contributed by atoms with Gasteiger partial charge in [0, 0.05) is 26.2 Å². The van der Waals surface area contributed by atoms with Crippen molar-refractivity contribution in [1.82, 2.24) is 5.32 Å². The number of nitrogens with one attached hydrogen (secondary N) is 1. The van der Waals surface area contributed by atoms with Crippen molar-refractivity contribution in [2.75, 3.05) is 26.3 Å². The van der Waals surface area contributed by atoms with E-state index in [4.69, 9.17) is 10.5 Å². The van der Waals surface area contributed by atoms with E-state index in [0.29, 0.717) is 18.4 Å². The van der Waals surface area contributed by atoms with Crippen LogP contribution in [-0.2, 0) is 9.53 Å². The van der Waals surface area contributed by atoms with Gasteiger partial charge in [0.15, 0.2) is 0 Å². The van der Waals surface area contributed by atoms with Crippen molar-refractivity contribution in [3.63, 3.8) is 0 Å². The van der Waals surface area contributed by atoms with Gasteiger partial charge in [0.05, 0.1) is 0 Å². The van der Waals surface area contributed by atoms with Crippen LogP contribution < -0.4 is 11.1 Å². The van der Waals surface area contributed by atoms with E-state index >= 15 is 0 Å². The van der Waals surface area contributed by atoms with Crippen molar-refractivity contribution in [3.05, 3.63) is 0 Å². The molecule has 0 aliphatic heterocycles. The van der Waals surface area contributed by atoms with Crippen molar-refractivity contribution in [2.24, 2.45) is 11.1 Å². The fourth-order valence-electron chi connectivity index (χ4n) is 2.26. The van der Waals surface area contributed by atoms with Crippen molar-refractivity contribution < 1.29 is 9.53 Å². The van der Waals surface area contributed by atoms with E-state index in [9.17, 15) is 4.79 Å². The SMILES string of the molecule is CCOCCC1(CNC(=O)CCCN)CCC1.Cl. The molecule has 108 valence electrons. The number of rotatable bonds is 9. The molecule has 1 amide bonds. The van der Waals surface area contributed by atoms with Gasteiger partial charge in [-0.3, -0.25) is 4.79 Å². The topological polar surface area (TPSA) is 64.3 Å². The van der Waals surface area contributed by atoms with Gasteiger partial charge in [0.25, 0.3) is 0 Å². The van der Waals surface area contributed by atoms with E-state index in [0.717, 1.165) is 32.6 Å². The normalized spacial score (nSPS) is 16.6. The van der Waals surface area contributed by atoms with Gasteiger partial charge in [-0.25, -0.2) is 0 Å². The highest BCUT2D eigenvalue weighted by Gasteiger charge is 2.36. The second kappa shape index (κ2) is 9.59. The smallest absolute Gasteiger partial charge is 0.220 e. The van der Waals surface area contributed by atoms with Crippen molar-refractivity contribution in [3.8, 4) is 0 Å². The summed E-state index contributed by atoms with van der Waals surface area (Å²) >= 11 is 0. The average Bonchev–Trinajstić information content (AvgIpc) is 2.29. The first-order valence-corrected chi connectivity index (χ1v) is 6.77. The van der Waals surface area contributed by atoms with Crippen LogP contribution in [0.15, 0.2) is 0 Å². The zero-order valence-corrected chi connectivity index (χ0v) is 12.2. The largest absolute Gasteiger partial charge is 0.382 e. The lowest BCUT2D eigenvalue weighted by atomic mass is 9.66. The van der Waals surface area contributed by atoms with Crippen LogP contribution in [0.3, 0.4) is 0 Å². The van der Waals surface area contributed by atoms with Gasteiger partial charge in [0.1, 0.15) is 0 Å². The Morgan fingerprint density at radius 2 is 2.17 bits per heavy atom. The summed E-state index contributed by atoms with van der Waals surface area (Å²) in [5.41, 5.74) is 5.69. The first kappa shape index (κ1) is 17.7. The van der Waals surface area contributed by atoms with Crippen LogP contribution in [0, 0.1) is 5.41 Å². The zero-order valence-electron chi connectivity index (χ0n) is 11.4. The average molecular weight is 279 g/mol. The summed E-state index contributed by atoms with van der Waals surface area (Å²) in [6.45, 7) is 5.00. The first-order chi connectivity index (χ1) is 8.22. The Kier molecular flexibility index (Phi) is 9.42. The van der Waals surface area contributed by atoms with Crippen LogP contribution in [0.5, 0.6) is 0 Å². The lowest BCUT2D eigenvalue weighted by Crippen LogP contribution is -2.43. The molecule has 0 radical (unpaired) electrons. The number of carbonyl (C=O) groups is 1. The molecule has 1 fully saturated rings. The second-order valence-corrected chi connectivity index (χ2v) is 4.97. The quantitative estimate of drug-likeness (QED) is 0.633. The summed E-state index contributed by atoms with van der Waals surface area (Å²) < 4.78 is 5.41. The number of halogens is 1. The van der Waals surface area contributed by atoms with Gasteiger partial charge in [0.2, 0.25) is 5.91 Å². The molecule has 1 aliphatic carbocycles. The molecule has 0 heterocycles.